The van der Waals surface area contributed by atoms with Crippen LogP contribution in [0, 0.1) is 6.92 Å². The van der Waals surface area contributed by atoms with Gasteiger partial charge in [-0.2, -0.15) is 0 Å². The molecule has 5 heteroatoms. The molecule has 1 unspecified atom stereocenters. The summed E-state index contributed by atoms with van der Waals surface area (Å²) < 4.78 is 5.25. The van der Waals surface area contributed by atoms with E-state index in [0.29, 0.717) is 13.0 Å². The lowest BCUT2D eigenvalue weighted by atomic mass is 10.1. The van der Waals surface area contributed by atoms with Crippen molar-refractivity contribution in [3.8, 4) is 5.75 Å². The maximum Gasteiger partial charge on any atom is 0.243 e. The second-order valence-electron chi connectivity index (χ2n) is 8.45. The molecule has 1 N–H and O–H groups in total. The second kappa shape index (κ2) is 11.0. The second-order valence-corrected chi connectivity index (χ2v) is 8.45. The third-order valence-electron chi connectivity index (χ3n) is 6.08. The Kier molecular flexibility index (Phi) is 8.10. The average Bonchev–Trinajstić information content (AvgIpc) is 3.28. The van der Waals surface area contributed by atoms with Gasteiger partial charge in [0.25, 0.3) is 0 Å². The molecule has 3 rings (SSSR count). The van der Waals surface area contributed by atoms with E-state index in [1.165, 1.54) is 0 Å². The molecule has 0 bridgehead atoms. The van der Waals surface area contributed by atoms with E-state index < -0.39 is 6.04 Å². The summed E-state index contributed by atoms with van der Waals surface area (Å²) >= 11 is 0. The highest BCUT2D eigenvalue weighted by Crippen LogP contribution is 2.20. The molecule has 0 heterocycles. The van der Waals surface area contributed by atoms with Gasteiger partial charge < -0.3 is 15.0 Å². The Labute approximate surface area is 185 Å². The number of carbonyl (C=O) groups excluding carboxylic acids is 2. The summed E-state index contributed by atoms with van der Waals surface area (Å²) in [4.78, 5) is 28.3. The first-order chi connectivity index (χ1) is 15.0. The first kappa shape index (κ1) is 22.9. The summed E-state index contributed by atoms with van der Waals surface area (Å²) in [6.45, 7) is 4.40. The highest BCUT2D eigenvalue weighted by molar-refractivity contribution is 5.88. The standard InChI is InChI=1S/C26H34N2O3/c1-4-24(26(30)27-22-7-5-6-8-22)28(18-21-13-15-23(31-3)16-14-21)25(29)17-20-11-9-19(2)10-12-20/h9-16,22,24H,4-8,17-18H2,1-3H3,(H,27,30). The molecule has 2 aromatic carbocycles. The first-order valence-corrected chi connectivity index (χ1v) is 11.3. The maximum atomic E-state index is 13.4. The van der Waals surface area contributed by atoms with E-state index in [9.17, 15) is 9.59 Å². The molecule has 0 spiro atoms. The molecule has 0 saturated heterocycles. The molecule has 2 amide bonds. The average molecular weight is 423 g/mol. The summed E-state index contributed by atoms with van der Waals surface area (Å²) in [5, 5.41) is 3.19. The third kappa shape index (κ3) is 6.33. The highest BCUT2D eigenvalue weighted by atomic mass is 16.5. The van der Waals surface area contributed by atoms with Crippen LogP contribution in [0.15, 0.2) is 48.5 Å². The normalized spacial score (nSPS) is 14.8. The number of methoxy groups -OCH3 is 1. The lowest BCUT2D eigenvalue weighted by molar-refractivity contribution is -0.141. The van der Waals surface area contributed by atoms with Crippen LogP contribution in [0.2, 0.25) is 0 Å². The van der Waals surface area contributed by atoms with Crippen molar-refractivity contribution in [1.29, 1.82) is 0 Å². The van der Waals surface area contributed by atoms with Crippen LogP contribution in [0.4, 0.5) is 0 Å². The van der Waals surface area contributed by atoms with E-state index in [-0.39, 0.29) is 24.3 Å². The van der Waals surface area contributed by atoms with Gasteiger partial charge in [-0.05, 0) is 49.4 Å². The molecular formula is C26H34N2O3. The van der Waals surface area contributed by atoms with Gasteiger partial charge in [0.2, 0.25) is 11.8 Å². The van der Waals surface area contributed by atoms with Gasteiger partial charge in [0.15, 0.2) is 0 Å². The predicted octanol–water partition coefficient (Wildman–Crippen LogP) is 4.41. The third-order valence-corrected chi connectivity index (χ3v) is 6.08. The Balaban J connectivity index is 1.80. The Hall–Kier alpha value is -2.82. The van der Waals surface area contributed by atoms with Crippen molar-refractivity contribution in [3.05, 3.63) is 65.2 Å². The summed E-state index contributed by atoms with van der Waals surface area (Å²) in [6.07, 6.45) is 5.22. The molecule has 31 heavy (non-hydrogen) atoms. The van der Waals surface area contributed by atoms with E-state index in [1.807, 2.05) is 62.4 Å². The number of nitrogens with zero attached hydrogens (tertiary/aromatic N) is 1. The number of nitrogens with one attached hydrogen (secondary N) is 1. The summed E-state index contributed by atoms with van der Waals surface area (Å²) in [6, 6.07) is 15.4. The fraction of sp³-hybridized carbons (Fsp3) is 0.462. The number of amides is 2. The molecule has 1 aliphatic rings. The van der Waals surface area contributed by atoms with E-state index in [4.69, 9.17) is 4.74 Å². The number of carbonyl (C=O) groups is 2. The predicted molar refractivity (Wildman–Crippen MR) is 123 cm³/mol. The minimum absolute atomic E-state index is 0.0342. The summed E-state index contributed by atoms with van der Waals surface area (Å²) in [5.74, 6) is 0.695. The van der Waals surface area contributed by atoms with Gasteiger partial charge >= 0.3 is 0 Å². The van der Waals surface area contributed by atoms with Crippen LogP contribution in [-0.4, -0.2) is 35.9 Å². The maximum absolute atomic E-state index is 13.4. The monoisotopic (exact) mass is 422 g/mol. The van der Waals surface area contributed by atoms with Gasteiger partial charge in [-0.1, -0.05) is 61.7 Å². The fourth-order valence-corrected chi connectivity index (χ4v) is 4.20. The van der Waals surface area contributed by atoms with Gasteiger partial charge in [-0.15, -0.1) is 0 Å². The zero-order chi connectivity index (χ0) is 22.2. The van der Waals surface area contributed by atoms with Gasteiger partial charge in [0, 0.05) is 12.6 Å². The Morgan fingerprint density at radius 3 is 2.23 bits per heavy atom. The Bertz CT molecular complexity index is 855. The zero-order valence-corrected chi connectivity index (χ0v) is 18.9. The molecule has 5 nitrogen and oxygen atoms in total. The molecule has 1 aliphatic carbocycles. The van der Waals surface area contributed by atoms with Crippen LogP contribution in [-0.2, 0) is 22.6 Å². The van der Waals surface area contributed by atoms with E-state index in [2.05, 4.69) is 5.32 Å². The zero-order valence-electron chi connectivity index (χ0n) is 18.9. The van der Waals surface area contributed by atoms with Crippen molar-refractivity contribution in [2.75, 3.05) is 7.11 Å². The van der Waals surface area contributed by atoms with Gasteiger partial charge in [0.05, 0.1) is 13.5 Å². The molecule has 0 aliphatic heterocycles. The number of rotatable bonds is 9. The van der Waals surface area contributed by atoms with Crippen LogP contribution in [0.25, 0.3) is 0 Å². The Morgan fingerprint density at radius 2 is 1.65 bits per heavy atom. The van der Waals surface area contributed by atoms with Crippen LogP contribution in [0.1, 0.15) is 55.7 Å². The molecular weight excluding hydrogens is 388 g/mol. The van der Waals surface area contributed by atoms with Gasteiger partial charge in [0.1, 0.15) is 11.8 Å². The van der Waals surface area contributed by atoms with Crippen molar-refractivity contribution in [1.82, 2.24) is 10.2 Å². The van der Waals surface area contributed by atoms with E-state index in [1.54, 1.807) is 12.0 Å². The topological polar surface area (TPSA) is 58.6 Å². The number of hydrogen-bond donors (Lipinski definition) is 1. The van der Waals surface area contributed by atoms with Crippen molar-refractivity contribution in [2.24, 2.45) is 0 Å². The SMILES string of the molecule is CCC(C(=O)NC1CCCC1)N(Cc1ccc(OC)cc1)C(=O)Cc1ccc(C)cc1. The van der Waals surface area contributed by atoms with Gasteiger partial charge in [-0.3, -0.25) is 9.59 Å². The van der Waals surface area contributed by atoms with Crippen LogP contribution >= 0.6 is 0 Å². The summed E-state index contributed by atoms with van der Waals surface area (Å²) in [7, 11) is 1.63. The van der Waals surface area contributed by atoms with Crippen LogP contribution < -0.4 is 10.1 Å². The molecule has 0 aromatic heterocycles. The number of benzene rings is 2. The molecule has 0 radical (unpaired) electrons. The largest absolute Gasteiger partial charge is 0.497 e. The fourth-order valence-electron chi connectivity index (χ4n) is 4.20. The van der Waals surface area contributed by atoms with Crippen LogP contribution in [0.5, 0.6) is 5.75 Å². The van der Waals surface area contributed by atoms with Gasteiger partial charge in [-0.25, -0.2) is 0 Å². The van der Waals surface area contributed by atoms with E-state index >= 15 is 0 Å². The number of aryl methyl sites for hydroxylation is 1. The molecule has 2 aromatic rings. The minimum atomic E-state index is -0.486. The smallest absolute Gasteiger partial charge is 0.243 e. The van der Waals surface area contributed by atoms with E-state index in [0.717, 1.165) is 48.1 Å². The molecule has 166 valence electrons. The van der Waals surface area contributed by atoms with Crippen molar-refractivity contribution < 1.29 is 14.3 Å². The van der Waals surface area contributed by atoms with Crippen LogP contribution in [0.3, 0.4) is 0 Å². The highest BCUT2D eigenvalue weighted by Gasteiger charge is 2.30. The number of ether oxygens (including phenoxy) is 1. The quantitative estimate of drug-likeness (QED) is 0.651. The van der Waals surface area contributed by atoms with Crippen molar-refractivity contribution in [2.45, 2.75) is 71.0 Å². The molecule has 1 saturated carbocycles. The summed E-state index contributed by atoms with van der Waals surface area (Å²) in [5.41, 5.74) is 3.10. The molecule has 1 atom stereocenters. The first-order valence-electron chi connectivity index (χ1n) is 11.3. The Morgan fingerprint density at radius 1 is 1.03 bits per heavy atom. The minimum Gasteiger partial charge on any atom is -0.497 e. The van der Waals surface area contributed by atoms with Crippen molar-refractivity contribution in [3.63, 3.8) is 0 Å². The lowest BCUT2D eigenvalue weighted by Gasteiger charge is -2.31. The van der Waals surface area contributed by atoms with Crippen molar-refractivity contribution >= 4 is 11.8 Å². The molecule has 1 fully saturated rings. The lowest BCUT2D eigenvalue weighted by Crippen LogP contribution is -2.51. The number of hydrogen-bond acceptors (Lipinski definition) is 3.